The number of hydrogen-bond donors (Lipinski definition) is 1. The first-order valence-electron chi connectivity index (χ1n) is 9.45. The van der Waals surface area contributed by atoms with Crippen molar-refractivity contribution in [1.29, 1.82) is 0 Å². The van der Waals surface area contributed by atoms with E-state index in [2.05, 4.69) is 5.32 Å². The molecule has 0 radical (unpaired) electrons. The number of benzene rings is 1. The SMILES string of the molecule is O=C(NC1CCCC1)N1CCN(C(=O)c2ccc3c(c2)OCCO3)CC1. The highest BCUT2D eigenvalue weighted by atomic mass is 16.6. The molecule has 1 aromatic carbocycles. The molecule has 0 spiro atoms. The summed E-state index contributed by atoms with van der Waals surface area (Å²) in [5.41, 5.74) is 0.595. The number of carbonyl (C=O) groups is 2. The van der Waals surface area contributed by atoms with Crippen LogP contribution in [0.15, 0.2) is 18.2 Å². The van der Waals surface area contributed by atoms with Gasteiger partial charge >= 0.3 is 6.03 Å². The lowest BCUT2D eigenvalue weighted by Gasteiger charge is -2.35. The summed E-state index contributed by atoms with van der Waals surface area (Å²) in [6.45, 7) is 3.25. The summed E-state index contributed by atoms with van der Waals surface area (Å²) >= 11 is 0. The zero-order chi connectivity index (χ0) is 17.9. The fourth-order valence-electron chi connectivity index (χ4n) is 3.81. The van der Waals surface area contributed by atoms with Gasteiger partial charge in [0.25, 0.3) is 5.91 Å². The van der Waals surface area contributed by atoms with Crippen molar-refractivity contribution < 1.29 is 19.1 Å². The van der Waals surface area contributed by atoms with Gasteiger partial charge in [0.15, 0.2) is 11.5 Å². The second kappa shape index (κ2) is 7.43. The van der Waals surface area contributed by atoms with Crippen molar-refractivity contribution in [3.05, 3.63) is 23.8 Å². The van der Waals surface area contributed by atoms with Crippen molar-refractivity contribution >= 4 is 11.9 Å². The highest BCUT2D eigenvalue weighted by molar-refractivity contribution is 5.95. The molecule has 2 aliphatic heterocycles. The van der Waals surface area contributed by atoms with Crippen LogP contribution >= 0.6 is 0 Å². The van der Waals surface area contributed by atoms with Gasteiger partial charge in [-0.05, 0) is 31.0 Å². The van der Waals surface area contributed by atoms with Crippen LogP contribution in [0.3, 0.4) is 0 Å². The minimum atomic E-state index is -0.0298. The third kappa shape index (κ3) is 3.57. The summed E-state index contributed by atoms with van der Waals surface area (Å²) in [5.74, 6) is 1.27. The average Bonchev–Trinajstić information content (AvgIpc) is 3.20. The minimum Gasteiger partial charge on any atom is -0.486 e. The predicted molar refractivity (Wildman–Crippen MR) is 95.7 cm³/mol. The highest BCUT2D eigenvalue weighted by Gasteiger charge is 2.27. The second-order valence-electron chi connectivity index (χ2n) is 7.07. The zero-order valence-electron chi connectivity index (χ0n) is 14.9. The van der Waals surface area contributed by atoms with E-state index in [1.807, 2.05) is 4.90 Å². The number of piperazine rings is 1. The first kappa shape index (κ1) is 17.0. The second-order valence-corrected chi connectivity index (χ2v) is 7.07. The largest absolute Gasteiger partial charge is 0.486 e. The number of hydrogen-bond acceptors (Lipinski definition) is 4. The van der Waals surface area contributed by atoms with Crippen LogP contribution in [0.2, 0.25) is 0 Å². The average molecular weight is 359 g/mol. The number of fused-ring (bicyclic) bond motifs is 1. The molecule has 1 aromatic rings. The summed E-state index contributed by atoms with van der Waals surface area (Å²) in [6.07, 6.45) is 4.55. The van der Waals surface area contributed by atoms with Gasteiger partial charge in [0.05, 0.1) is 0 Å². The van der Waals surface area contributed by atoms with Crippen LogP contribution in [0.5, 0.6) is 11.5 Å². The van der Waals surface area contributed by atoms with Crippen molar-refractivity contribution in [2.24, 2.45) is 0 Å². The quantitative estimate of drug-likeness (QED) is 0.875. The van der Waals surface area contributed by atoms with Crippen LogP contribution in [0, 0.1) is 0 Å². The molecule has 4 rings (SSSR count). The summed E-state index contributed by atoms with van der Waals surface area (Å²) in [6, 6.07) is 5.63. The van der Waals surface area contributed by atoms with Crippen LogP contribution in [-0.4, -0.2) is 67.2 Å². The molecule has 3 amide bonds. The Balaban J connectivity index is 1.32. The van der Waals surface area contributed by atoms with Gasteiger partial charge in [-0.3, -0.25) is 4.79 Å². The molecule has 0 unspecified atom stereocenters. The van der Waals surface area contributed by atoms with E-state index >= 15 is 0 Å². The number of rotatable bonds is 2. The summed E-state index contributed by atoms with van der Waals surface area (Å²) in [4.78, 5) is 28.7. The summed E-state index contributed by atoms with van der Waals surface area (Å²) in [5, 5.41) is 3.11. The fourth-order valence-corrected chi connectivity index (χ4v) is 3.81. The molecule has 7 heteroatoms. The molecule has 3 aliphatic rings. The van der Waals surface area contributed by atoms with Gasteiger partial charge in [-0.25, -0.2) is 4.79 Å². The predicted octanol–water partition coefficient (Wildman–Crippen LogP) is 1.87. The van der Waals surface area contributed by atoms with E-state index in [0.717, 1.165) is 12.8 Å². The minimum absolute atomic E-state index is 0.00308. The Morgan fingerprint density at radius 1 is 0.923 bits per heavy atom. The number of carbonyl (C=O) groups excluding carboxylic acids is 2. The third-order valence-electron chi connectivity index (χ3n) is 5.33. The normalized spacial score (nSPS) is 20.2. The molecular formula is C19H25N3O4. The lowest BCUT2D eigenvalue weighted by molar-refractivity contribution is 0.0662. The molecule has 1 N–H and O–H groups in total. The molecule has 0 bridgehead atoms. The number of urea groups is 1. The van der Waals surface area contributed by atoms with Crippen molar-refractivity contribution in [2.45, 2.75) is 31.7 Å². The molecule has 1 saturated heterocycles. The lowest BCUT2D eigenvalue weighted by Crippen LogP contribution is -2.54. The summed E-state index contributed by atoms with van der Waals surface area (Å²) < 4.78 is 11.1. The Morgan fingerprint density at radius 3 is 2.31 bits per heavy atom. The van der Waals surface area contributed by atoms with E-state index in [0.29, 0.717) is 62.5 Å². The first-order valence-corrected chi connectivity index (χ1v) is 9.45. The highest BCUT2D eigenvalue weighted by Crippen LogP contribution is 2.31. The molecule has 140 valence electrons. The molecule has 2 fully saturated rings. The molecule has 1 aliphatic carbocycles. The Labute approximate surface area is 153 Å². The maximum absolute atomic E-state index is 12.8. The lowest BCUT2D eigenvalue weighted by atomic mass is 10.1. The Kier molecular flexibility index (Phi) is 4.86. The van der Waals surface area contributed by atoms with Crippen molar-refractivity contribution in [1.82, 2.24) is 15.1 Å². The van der Waals surface area contributed by atoms with Gasteiger partial charge < -0.3 is 24.6 Å². The third-order valence-corrected chi connectivity index (χ3v) is 5.33. The topological polar surface area (TPSA) is 71.1 Å². The number of nitrogens with zero attached hydrogens (tertiary/aromatic N) is 2. The van der Waals surface area contributed by atoms with Gasteiger partial charge in [0.1, 0.15) is 13.2 Å². The molecule has 0 atom stereocenters. The van der Waals surface area contributed by atoms with E-state index < -0.39 is 0 Å². The molecule has 1 saturated carbocycles. The van der Waals surface area contributed by atoms with Crippen LogP contribution in [0.25, 0.3) is 0 Å². The van der Waals surface area contributed by atoms with Crippen LogP contribution in [0.1, 0.15) is 36.0 Å². The summed E-state index contributed by atoms with van der Waals surface area (Å²) in [7, 11) is 0. The monoisotopic (exact) mass is 359 g/mol. The van der Waals surface area contributed by atoms with Gasteiger partial charge in [-0.2, -0.15) is 0 Å². The molecule has 0 aromatic heterocycles. The fraction of sp³-hybridized carbons (Fsp3) is 0.579. The molecule has 2 heterocycles. The van der Waals surface area contributed by atoms with E-state index in [1.54, 1.807) is 23.1 Å². The van der Waals surface area contributed by atoms with Gasteiger partial charge in [-0.1, -0.05) is 12.8 Å². The van der Waals surface area contributed by atoms with E-state index in [4.69, 9.17) is 9.47 Å². The van der Waals surface area contributed by atoms with Crippen molar-refractivity contribution in [3.63, 3.8) is 0 Å². The smallest absolute Gasteiger partial charge is 0.317 e. The zero-order valence-corrected chi connectivity index (χ0v) is 14.9. The standard InChI is InChI=1S/C19H25N3O4/c23-18(14-5-6-16-17(13-14)26-12-11-25-16)21-7-9-22(10-8-21)19(24)20-15-3-1-2-4-15/h5-6,13,15H,1-4,7-12H2,(H,20,24). The Bertz CT molecular complexity index is 679. The van der Waals surface area contributed by atoms with Crippen molar-refractivity contribution in [2.75, 3.05) is 39.4 Å². The molecule has 7 nitrogen and oxygen atoms in total. The van der Waals surface area contributed by atoms with Gasteiger partial charge in [0, 0.05) is 37.8 Å². The van der Waals surface area contributed by atoms with E-state index in [1.165, 1.54) is 12.8 Å². The first-order chi connectivity index (χ1) is 12.7. The number of nitrogens with one attached hydrogen (secondary N) is 1. The maximum Gasteiger partial charge on any atom is 0.317 e. The van der Waals surface area contributed by atoms with E-state index in [9.17, 15) is 9.59 Å². The van der Waals surface area contributed by atoms with Crippen molar-refractivity contribution in [3.8, 4) is 11.5 Å². The van der Waals surface area contributed by atoms with Crippen LogP contribution in [0.4, 0.5) is 4.79 Å². The van der Waals surface area contributed by atoms with Crippen LogP contribution in [-0.2, 0) is 0 Å². The molecule has 26 heavy (non-hydrogen) atoms. The van der Waals surface area contributed by atoms with Gasteiger partial charge in [0.2, 0.25) is 0 Å². The van der Waals surface area contributed by atoms with E-state index in [-0.39, 0.29) is 11.9 Å². The van der Waals surface area contributed by atoms with Crippen LogP contribution < -0.4 is 14.8 Å². The van der Waals surface area contributed by atoms with Gasteiger partial charge in [-0.15, -0.1) is 0 Å². The Morgan fingerprint density at radius 2 is 1.58 bits per heavy atom. The number of amides is 3. The Hall–Kier alpha value is -2.44. The number of ether oxygens (including phenoxy) is 2. The molecular weight excluding hydrogens is 334 g/mol. The maximum atomic E-state index is 12.8.